The summed E-state index contributed by atoms with van der Waals surface area (Å²) in [6.45, 7) is 15.2. The molecule has 0 spiro atoms. The van der Waals surface area contributed by atoms with Gasteiger partial charge in [-0.15, -0.1) is 0 Å². The monoisotopic (exact) mass is 594 g/mol. The van der Waals surface area contributed by atoms with Crippen molar-refractivity contribution in [2.24, 2.45) is 0 Å². The Kier molecular flexibility index (Phi) is 8.88. The van der Waals surface area contributed by atoms with Gasteiger partial charge in [0.15, 0.2) is 0 Å². The summed E-state index contributed by atoms with van der Waals surface area (Å²) in [6.07, 6.45) is 4.54. The average molecular weight is 595 g/mol. The van der Waals surface area contributed by atoms with Crippen LogP contribution in [0.15, 0.2) is 42.5 Å². The second-order valence-corrected chi connectivity index (χ2v) is 14.5. The summed E-state index contributed by atoms with van der Waals surface area (Å²) in [5.74, 6) is -0.968. The van der Waals surface area contributed by atoms with Crippen molar-refractivity contribution >= 4 is 24.1 Å². The van der Waals surface area contributed by atoms with Gasteiger partial charge >= 0.3 is 11.9 Å². The van der Waals surface area contributed by atoms with E-state index in [0.29, 0.717) is 31.2 Å². The largest absolute Gasteiger partial charge is 0.508 e. The van der Waals surface area contributed by atoms with Gasteiger partial charge in [0.1, 0.15) is 18.0 Å². The predicted octanol–water partition coefficient (Wildman–Crippen LogP) is 6.70. The van der Waals surface area contributed by atoms with Crippen LogP contribution in [0.3, 0.4) is 0 Å². The molecule has 0 unspecified atom stereocenters. The number of nitrogens with zero attached hydrogens (tertiary/aromatic N) is 2. The minimum absolute atomic E-state index is 0.156. The zero-order valence-electron chi connectivity index (χ0n) is 26.5. The van der Waals surface area contributed by atoms with Crippen LogP contribution in [0.25, 0.3) is 12.2 Å². The Bertz CT molecular complexity index is 1270. The summed E-state index contributed by atoms with van der Waals surface area (Å²) >= 11 is 0. The molecule has 43 heavy (non-hydrogen) atoms. The molecule has 4 rings (SSSR count). The molecule has 0 amide bonds. The molecule has 2 fully saturated rings. The number of rotatable bonds is 6. The molecule has 0 aliphatic carbocycles. The lowest BCUT2D eigenvalue weighted by molar-refractivity contribution is -0.256. The average Bonchev–Trinajstić information content (AvgIpc) is 2.89. The maximum Gasteiger partial charge on any atom is 0.338 e. The number of carbonyl (C=O) groups is 2. The molecule has 2 saturated heterocycles. The van der Waals surface area contributed by atoms with Crippen LogP contribution in [0.4, 0.5) is 0 Å². The third-order valence-corrected chi connectivity index (χ3v) is 8.54. The molecule has 3 N–H and O–H groups in total. The summed E-state index contributed by atoms with van der Waals surface area (Å²) in [5, 5.41) is 33.6. The number of aromatic hydroxyl groups is 1. The zero-order chi connectivity index (χ0) is 32.0. The summed E-state index contributed by atoms with van der Waals surface area (Å²) in [5.41, 5.74) is -0.518. The first-order valence-corrected chi connectivity index (χ1v) is 14.8. The number of ether oxygens (including phenoxy) is 2. The van der Waals surface area contributed by atoms with E-state index in [4.69, 9.17) is 9.47 Å². The molecule has 2 aromatic rings. The van der Waals surface area contributed by atoms with Gasteiger partial charge in [-0.1, -0.05) is 24.3 Å². The van der Waals surface area contributed by atoms with Gasteiger partial charge in [0, 0.05) is 47.8 Å². The third kappa shape index (κ3) is 7.47. The van der Waals surface area contributed by atoms with Crippen LogP contribution in [0.2, 0.25) is 0 Å². The van der Waals surface area contributed by atoms with Gasteiger partial charge in [-0.25, -0.2) is 9.59 Å². The molecular weight excluding hydrogens is 548 g/mol. The zero-order valence-corrected chi connectivity index (χ0v) is 26.5. The molecule has 0 bridgehead atoms. The lowest BCUT2D eigenvalue weighted by Crippen LogP contribution is -2.60. The number of carbonyl (C=O) groups excluding carboxylic acids is 2. The van der Waals surface area contributed by atoms with E-state index in [-0.39, 0.29) is 16.9 Å². The number of piperidine rings is 2. The van der Waals surface area contributed by atoms with Gasteiger partial charge in [0.2, 0.25) is 0 Å². The van der Waals surface area contributed by atoms with Crippen molar-refractivity contribution < 1.29 is 34.6 Å². The summed E-state index contributed by atoms with van der Waals surface area (Å²) < 4.78 is 11.9. The van der Waals surface area contributed by atoms with Crippen LogP contribution in [0.1, 0.15) is 113 Å². The number of hydroxylamine groups is 4. The highest BCUT2D eigenvalue weighted by Gasteiger charge is 2.47. The van der Waals surface area contributed by atoms with Crippen molar-refractivity contribution in [1.29, 1.82) is 0 Å². The minimum atomic E-state index is -0.595. The predicted molar refractivity (Wildman–Crippen MR) is 164 cm³/mol. The number of esters is 2. The Morgan fingerprint density at radius 3 is 1.37 bits per heavy atom. The Hall–Kier alpha value is -3.24. The standard InChI is InChI=1S/C34H46N2O7/c1-31(2)18-27(19-32(3,4)35(31)40)42-29(38)24-15-23(10-9-22-11-13-26(37)14-12-22)16-25(17-24)30(39)43-28-20-33(5,6)36(41)34(7,8)21-28/h9-17,27-28,37,40-41H,18-21H2,1-8H3/b10-9+. The lowest BCUT2D eigenvalue weighted by atomic mass is 9.80. The van der Waals surface area contributed by atoms with Gasteiger partial charge in [0.25, 0.3) is 0 Å². The number of hydrogen-bond donors (Lipinski definition) is 3. The molecule has 0 saturated carbocycles. The molecule has 2 aliphatic rings. The van der Waals surface area contributed by atoms with E-state index in [9.17, 15) is 25.1 Å². The van der Waals surface area contributed by atoms with E-state index < -0.39 is 46.3 Å². The van der Waals surface area contributed by atoms with Crippen molar-refractivity contribution in [2.45, 2.75) is 115 Å². The van der Waals surface area contributed by atoms with E-state index in [2.05, 4.69) is 0 Å². The van der Waals surface area contributed by atoms with Crippen molar-refractivity contribution in [3.05, 3.63) is 64.7 Å². The SMILES string of the molecule is CC1(C)CC(OC(=O)c2cc(/C=C/c3ccc(O)cc3)cc(C(=O)OC3CC(C)(C)N(O)C(C)(C)C3)c2)CC(C)(C)N1O. The van der Waals surface area contributed by atoms with Crippen molar-refractivity contribution in [3.8, 4) is 5.75 Å². The summed E-state index contributed by atoms with van der Waals surface area (Å²) in [7, 11) is 0. The fourth-order valence-corrected chi connectivity index (χ4v) is 6.72. The van der Waals surface area contributed by atoms with Gasteiger partial charge in [0.05, 0.1) is 11.1 Å². The molecule has 9 nitrogen and oxygen atoms in total. The summed E-state index contributed by atoms with van der Waals surface area (Å²) in [6, 6.07) is 11.5. The Balaban J connectivity index is 1.62. The van der Waals surface area contributed by atoms with E-state index in [1.54, 1.807) is 42.5 Å². The van der Waals surface area contributed by atoms with Crippen LogP contribution in [-0.4, -0.2) is 71.9 Å². The van der Waals surface area contributed by atoms with E-state index in [0.717, 1.165) is 5.56 Å². The Morgan fingerprint density at radius 1 is 0.651 bits per heavy atom. The maximum absolute atomic E-state index is 13.5. The minimum Gasteiger partial charge on any atom is -0.508 e. The molecule has 9 heteroatoms. The molecule has 234 valence electrons. The third-order valence-electron chi connectivity index (χ3n) is 8.54. The van der Waals surface area contributed by atoms with Gasteiger partial charge < -0.3 is 25.0 Å². The van der Waals surface area contributed by atoms with Crippen LogP contribution < -0.4 is 0 Å². The van der Waals surface area contributed by atoms with Crippen LogP contribution >= 0.6 is 0 Å². The Morgan fingerprint density at radius 2 is 1.00 bits per heavy atom. The van der Waals surface area contributed by atoms with Crippen LogP contribution in [0.5, 0.6) is 5.75 Å². The number of phenols is 1. The normalized spacial score (nSPS) is 22.4. The first-order chi connectivity index (χ1) is 19.8. The van der Waals surface area contributed by atoms with E-state index in [1.165, 1.54) is 16.2 Å². The number of phenolic OH excluding ortho intramolecular Hbond substituents is 1. The fourth-order valence-electron chi connectivity index (χ4n) is 6.72. The lowest BCUT2D eigenvalue weighted by Gasteiger charge is -2.50. The van der Waals surface area contributed by atoms with E-state index in [1.807, 2.05) is 61.5 Å². The fraction of sp³-hybridized carbons (Fsp3) is 0.529. The number of benzene rings is 2. The van der Waals surface area contributed by atoms with E-state index >= 15 is 0 Å². The van der Waals surface area contributed by atoms with Gasteiger partial charge in [-0.05, 0) is 96.8 Å². The quantitative estimate of drug-likeness (QED) is 0.248. The highest BCUT2D eigenvalue weighted by molar-refractivity contribution is 5.97. The van der Waals surface area contributed by atoms with Crippen molar-refractivity contribution in [2.75, 3.05) is 0 Å². The first-order valence-electron chi connectivity index (χ1n) is 14.8. The molecule has 2 aromatic carbocycles. The first kappa shape index (κ1) is 32.7. The van der Waals surface area contributed by atoms with Crippen molar-refractivity contribution in [3.63, 3.8) is 0 Å². The maximum atomic E-state index is 13.5. The highest BCUT2D eigenvalue weighted by atomic mass is 16.6. The van der Waals surface area contributed by atoms with Crippen LogP contribution in [-0.2, 0) is 9.47 Å². The smallest absolute Gasteiger partial charge is 0.338 e. The topological polar surface area (TPSA) is 120 Å². The molecule has 0 aromatic heterocycles. The van der Waals surface area contributed by atoms with Gasteiger partial charge in [-0.3, -0.25) is 0 Å². The molecule has 2 aliphatic heterocycles. The molecule has 0 radical (unpaired) electrons. The summed E-state index contributed by atoms with van der Waals surface area (Å²) in [4.78, 5) is 27.0. The Labute approximate surface area is 254 Å². The molecule has 2 heterocycles. The molecule has 0 atom stereocenters. The van der Waals surface area contributed by atoms with Crippen molar-refractivity contribution in [1.82, 2.24) is 10.1 Å². The second-order valence-electron chi connectivity index (χ2n) is 14.5. The molecular formula is C34H46N2O7. The number of hydrogen-bond acceptors (Lipinski definition) is 9. The highest BCUT2D eigenvalue weighted by Crippen LogP contribution is 2.39. The second kappa shape index (κ2) is 11.7. The van der Waals surface area contributed by atoms with Crippen LogP contribution in [0, 0.1) is 0 Å². The van der Waals surface area contributed by atoms with Gasteiger partial charge in [-0.2, -0.15) is 10.1 Å².